The quantitative estimate of drug-likeness (QED) is 0.546. The SMILES string of the molecule is CCCCC(CCC)(CCCC)NCc1ccccc1. The molecule has 0 saturated carbocycles. The van der Waals surface area contributed by atoms with Crippen molar-refractivity contribution in [2.24, 2.45) is 0 Å². The molecule has 0 atom stereocenters. The first-order valence-electron chi connectivity index (χ1n) is 8.55. The van der Waals surface area contributed by atoms with E-state index in [9.17, 15) is 0 Å². The van der Waals surface area contributed by atoms with E-state index in [1.54, 1.807) is 0 Å². The van der Waals surface area contributed by atoms with Crippen molar-refractivity contribution in [3.8, 4) is 0 Å². The first-order chi connectivity index (χ1) is 9.76. The van der Waals surface area contributed by atoms with Crippen molar-refractivity contribution in [2.75, 3.05) is 0 Å². The molecular weight excluding hydrogens is 242 g/mol. The van der Waals surface area contributed by atoms with Gasteiger partial charge in [-0.2, -0.15) is 0 Å². The summed E-state index contributed by atoms with van der Waals surface area (Å²) in [5.74, 6) is 0. The second-order valence-corrected chi connectivity index (χ2v) is 6.08. The maximum Gasteiger partial charge on any atom is 0.0210 e. The van der Waals surface area contributed by atoms with E-state index in [2.05, 4.69) is 56.4 Å². The highest BCUT2D eigenvalue weighted by molar-refractivity contribution is 5.14. The fraction of sp³-hybridized carbons (Fsp3) is 0.684. The second kappa shape index (κ2) is 9.99. The lowest BCUT2D eigenvalue weighted by Gasteiger charge is -2.35. The van der Waals surface area contributed by atoms with E-state index in [0.717, 1.165) is 6.54 Å². The molecule has 114 valence electrons. The molecule has 1 N–H and O–H groups in total. The normalized spacial score (nSPS) is 11.8. The molecule has 0 spiro atoms. The molecule has 0 aliphatic carbocycles. The largest absolute Gasteiger partial charge is 0.307 e. The number of benzene rings is 1. The summed E-state index contributed by atoms with van der Waals surface area (Å²) in [6.07, 6.45) is 10.5. The molecule has 1 heteroatoms. The van der Waals surface area contributed by atoms with Crippen molar-refractivity contribution >= 4 is 0 Å². The van der Waals surface area contributed by atoms with Gasteiger partial charge in [0.2, 0.25) is 0 Å². The van der Waals surface area contributed by atoms with Crippen molar-refractivity contribution in [3.63, 3.8) is 0 Å². The van der Waals surface area contributed by atoms with Crippen LogP contribution in [-0.2, 0) is 6.54 Å². The summed E-state index contributed by atoms with van der Waals surface area (Å²) in [5, 5.41) is 3.92. The van der Waals surface area contributed by atoms with Gasteiger partial charge in [-0.05, 0) is 24.8 Å². The molecule has 0 aromatic heterocycles. The van der Waals surface area contributed by atoms with Gasteiger partial charge in [-0.25, -0.2) is 0 Å². The molecule has 20 heavy (non-hydrogen) atoms. The first-order valence-corrected chi connectivity index (χ1v) is 8.55. The van der Waals surface area contributed by atoms with Crippen molar-refractivity contribution in [2.45, 2.75) is 84.2 Å². The van der Waals surface area contributed by atoms with Crippen molar-refractivity contribution in [1.29, 1.82) is 0 Å². The molecule has 1 nitrogen and oxygen atoms in total. The van der Waals surface area contributed by atoms with Gasteiger partial charge in [0.05, 0.1) is 0 Å². The molecule has 0 fully saturated rings. The molecule has 0 amide bonds. The average molecular weight is 275 g/mol. The number of hydrogen-bond donors (Lipinski definition) is 1. The standard InChI is InChI=1S/C19H33N/c1-4-7-15-19(14-6-3,16-8-5-2)20-17-18-12-10-9-11-13-18/h9-13,20H,4-8,14-17H2,1-3H3. The van der Waals surface area contributed by atoms with Crippen LogP contribution in [0.2, 0.25) is 0 Å². The molecule has 0 radical (unpaired) electrons. The highest BCUT2D eigenvalue weighted by Gasteiger charge is 2.27. The average Bonchev–Trinajstić information content (AvgIpc) is 2.50. The zero-order valence-corrected chi connectivity index (χ0v) is 13.8. The zero-order valence-electron chi connectivity index (χ0n) is 13.8. The van der Waals surface area contributed by atoms with Crippen LogP contribution in [0.3, 0.4) is 0 Å². The number of unbranched alkanes of at least 4 members (excludes halogenated alkanes) is 2. The van der Waals surface area contributed by atoms with Gasteiger partial charge in [0.25, 0.3) is 0 Å². The van der Waals surface area contributed by atoms with Crippen LogP contribution in [-0.4, -0.2) is 5.54 Å². The molecular formula is C19H33N. The van der Waals surface area contributed by atoms with Crippen molar-refractivity contribution in [1.82, 2.24) is 5.32 Å². The van der Waals surface area contributed by atoms with Gasteiger partial charge >= 0.3 is 0 Å². The van der Waals surface area contributed by atoms with E-state index >= 15 is 0 Å². The highest BCUT2D eigenvalue weighted by atomic mass is 15.0. The van der Waals surface area contributed by atoms with Crippen LogP contribution >= 0.6 is 0 Å². The van der Waals surface area contributed by atoms with Gasteiger partial charge in [0.15, 0.2) is 0 Å². The number of nitrogens with one attached hydrogen (secondary N) is 1. The summed E-state index contributed by atoms with van der Waals surface area (Å²) in [7, 11) is 0. The minimum Gasteiger partial charge on any atom is -0.307 e. The molecule has 0 aliphatic rings. The predicted molar refractivity (Wildman–Crippen MR) is 90.0 cm³/mol. The topological polar surface area (TPSA) is 12.0 Å². The second-order valence-electron chi connectivity index (χ2n) is 6.08. The van der Waals surface area contributed by atoms with Crippen LogP contribution in [0.15, 0.2) is 30.3 Å². The van der Waals surface area contributed by atoms with E-state index in [1.807, 2.05) is 0 Å². The predicted octanol–water partition coefficient (Wildman–Crippen LogP) is 5.70. The first kappa shape index (κ1) is 17.2. The Morgan fingerprint density at radius 1 is 0.800 bits per heavy atom. The van der Waals surface area contributed by atoms with E-state index in [4.69, 9.17) is 0 Å². The number of hydrogen-bond acceptors (Lipinski definition) is 1. The van der Waals surface area contributed by atoms with Crippen LogP contribution in [0.25, 0.3) is 0 Å². The smallest absolute Gasteiger partial charge is 0.0210 e. The van der Waals surface area contributed by atoms with Crippen LogP contribution in [0.5, 0.6) is 0 Å². The summed E-state index contributed by atoms with van der Waals surface area (Å²) in [6, 6.07) is 10.8. The van der Waals surface area contributed by atoms with Crippen LogP contribution in [0, 0.1) is 0 Å². The maximum absolute atomic E-state index is 3.92. The molecule has 1 aromatic rings. The summed E-state index contributed by atoms with van der Waals surface area (Å²) in [5.41, 5.74) is 1.76. The fourth-order valence-corrected chi connectivity index (χ4v) is 3.03. The van der Waals surface area contributed by atoms with Gasteiger partial charge in [0.1, 0.15) is 0 Å². The Labute approximate surface area is 126 Å². The van der Waals surface area contributed by atoms with Crippen molar-refractivity contribution < 1.29 is 0 Å². The molecule has 0 heterocycles. The van der Waals surface area contributed by atoms with Crippen LogP contribution < -0.4 is 5.32 Å². The molecule has 1 rings (SSSR count). The Kier molecular flexibility index (Phi) is 8.60. The summed E-state index contributed by atoms with van der Waals surface area (Å²) in [4.78, 5) is 0. The monoisotopic (exact) mass is 275 g/mol. The van der Waals surface area contributed by atoms with E-state index in [1.165, 1.54) is 56.9 Å². The Morgan fingerprint density at radius 2 is 1.40 bits per heavy atom. The summed E-state index contributed by atoms with van der Waals surface area (Å²) >= 11 is 0. The molecule has 0 aliphatic heterocycles. The molecule has 0 bridgehead atoms. The Bertz CT molecular complexity index is 323. The Hall–Kier alpha value is -0.820. The van der Waals surface area contributed by atoms with Gasteiger partial charge in [0, 0.05) is 12.1 Å². The number of rotatable bonds is 11. The summed E-state index contributed by atoms with van der Waals surface area (Å²) < 4.78 is 0. The van der Waals surface area contributed by atoms with E-state index in [-0.39, 0.29) is 0 Å². The van der Waals surface area contributed by atoms with Crippen LogP contribution in [0.1, 0.15) is 77.7 Å². The Balaban J connectivity index is 2.67. The van der Waals surface area contributed by atoms with Gasteiger partial charge in [-0.3, -0.25) is 0 Å². The molecule has 0 unspecified atom stereocenters. The van der Waals surface area contributed by atoms with E-state index in [0.29, 0.717) is 5.54 Å². The summed E-state index contributed by atoms with van der Waals surface area (Å²) in [6.45, 7) is 7.92. The third-order valence-corrected chi connectivity index (χ3v) is 4.26. The fourth-order valence-electron chi connectivity index (χ4n) is 3.03. The minimum atomic E-state index is 0.358. The zero-order chi connectivity index (χ0) is 14.7. The van der Waals surface area contributed by atoms with Gasteiger partial charge in [-0.1, -0.05) is 83.2 Å². The Morgan fingerprint density at radius 3 is 1.90 bits per heavy atom. The van der Waals surface area contributed by atoms with Gasteiger partial charge < -0.3 is 5.32 Å². The molecule has 1 aromatic carbocycles. The molecule has 0 saturated heterocycles. The lowest BCUT2D eigenvalue weighted by atomic mass is 9.83. The minimum absolute atomic E-state index is 0.358. The van der Waals surface area contributed by atoms with E-state index < -0.39 is 0 Å². The van der Waals surface area contributed by atoms with Crippen molar-refractivity contribution in [3.05, 3.63) is 35.9 Å². The third kappa shape index (κ3) is 6.09. The highest BCUT2D eigenvalue weighted by Crippen LogP contribution is 2.27. The van der Waals surface area contributed by atoms with Crippen LogP contribution in [0.4, 0.5) is 0 Å². The maximum atomic E-state index is 3.92. The van der Waals surface area contributed by atoms with Gasteiger partial charge in [-0.15, -0.1) is 0 Å². The lowest BCUT2D eigenvalue weighted by molar-refractivity contribution is 0.243. The lowest BCUT2D eigenvalue weighted by Crippen LogP contribution is -2.44. The third-order valence-electron chi connectivity index (χ3n) is 4.26.